The molecule has 1 aromatic heterocycles. The van der Waals surface area contributed by atoms with Crippen LogP contribution < -0.4 is 4.90 Å². The third-order valence-electron chi connectivity index (χ3n) is 1.92. The van der Waals surface area contributed by atoms with Crippen molar-refractivity contribution in [3.63, 3.8) is 0 Å². The van der Waals surface area contributed by atoms with Crippen LogP contribution in [0.15, 0.2) is 18.3 Å². The van der Waals surface area contributed by atoms with Gasteiger partial charge in [-0.2, -0.15) is 13.2 Å². The van der Waals surface area contributed by atoms with Gasteiger partial charge >= 0.3 is 12.3 Å². The summed E-state index contributed by atoms with van der Waals surface area (Å²) < 4.78 is 35.0. The normalized spacial score (nSPS) is 12.3. The number of hydrogen-bond acceptors (Lipinski definition) is 2. The number of carboxylic acid groups (broad SMARTS) is 1. The third-order valence-corrected chi connectivity index (χ3v) is 2.28. The number of pyridine rings is 1. The molecule has 0 radical (unpaired) electrons. The van der Waals surface area contributed by atoms with Gasteiger partial charge in [-0.3, -0.25) is 4.90 Å². The van der Waals surface area contributed by atoms with Crippen molar-refractivity contribution in [3.05, 3.63) is 24.0 Å². The minimum atomic E-state index is -4.61. The number of aromatic nitrogens is 1. The molecule has 19 heavy (non-hydrogen) atoms. The first kappa shape index (κ1) is 16.1. The van der Waals surface area contributed by atoms with E-state index in [1.54, 1.807) is 0 Å². The van der Waals surface area contributed by atoms with Crippen molar-refractivity contribution in [2.45, 2.75) is 9.97 Å². The standard InChI is InChI=1S/C9H6Cl3F3N2O2/c10-8(11,12)4-17(7(18)19)5-1-2-6(16-3-5)9(13,14)15/h1-3H,4H2,(H,18,19). The van der Waals surface area contributed by atoms with Crippen LogP contribution in [0.5, 0.6) is 0 Å². The Kier molecular flexibility index (Phi) is 4.76. The Balaban J connectivity index is 3.02. The summed E-state index contributed by atoms with van der Waals surface area (Å²) >= 11 is 16.4. The molecule has 1 heterocycles. The van der Waals surface area contributed by atoms with Gasteiger partial charge in [-0.15, -0.1) is 0 Å². The van der Waals surface area contributed by atoms with Gasteiger partial charge in [0.15, 0.2) is 0 Å². The molecular weight excluding hydrogens is 331 g/mol. The Morgan fingerprint density at radius 2 is 1.89 bits per heavy atom. The van der Waals surface area contributed by atoms with E-state index < -0.39 is 28.3 Å². The van der Waals surface area contributed by atoms with E-state index >= 15 is 0 Å². The first-order chi connectivity index (χ1) is 8.50. The van der Waals surface area contributed by atoms with Crippen molar-refractivity contribution in [3.8, 4) is 0 Å². The fourth-order valence-electron chi connectivity index (χ4n) is 1.16. The summed E-state index contributed by atoms with van der Waals surface area (Å²) in [4.78, 5) is 14.7. The topological polar surface area (TPSA) is 53.4 Å². The predicted octanol–water partition coefficient (Wildman–Crippen LogP) is 3.96. The quantitative estimate of drug-likeness (QED) is 0.831. The summed E-state index contributed by atoms with van der Waals surface area (Å²) in [6.45, 7) is -0.542. The summed E-state index contributed by atoms with van der Waals surface area (Å²) in [5.74, 6) is 0. The van der Waals surface area contributed by atoms with Crippen molar-refractivity contribution < 1.29 is 23.1 Å². The second kappa shape index (κ2) is 5.60. The van der Waals surface area contributed by atoms with Gasteiger partial charge in [-0.25, -0.2) is 9.78 Å². The fraction of sp³-hybridized carbons (Fsp3) is 0.333. The number of carbonyl (C=O) groups is 1. The van der Waals surface area contributed by atoms with Gasteiger partial charge in [-0.05, 0) is 12.1 Å². The smallest absolute Gasteiger partial charge is 0.433 e. The van der Waals surface area contributed by atoms with Crippen molar-refractivity contribution >= 4 is 46.6 Å². The maximum absolute atomic E-state index is 12.3. The zero-order chi connectivity index (χ0) is 14.8. The number of rotatable bonds is 2. The largest absolute Gasteiger partial charge is 0.465 e. The zero-order valence-electron chi connectivity index (χ0n) is 8.96. The van der Waals surface area contributed by atoms with Gasteiger partial charge < -0.3 is 5.11 Å². The second-order valence-corrected chi connectivity index (χ2v) is 5.90. The van der Waals surface area contributed by atoms with Crippen LogP contribution in [0.4, 0.5) is 23.7 Å². The molecular formula is C9H6Cl3F3N2O2. The number of amides is 1. The summed E-state index contributed by atoms with van der Waals surface area (Å²) in [6.07, 6.45) is -5.34. The highest BCUT2D eigenvalue weighted by Gasteiger charge is 2.33. The molecule has 10 heteroatoms. The Labute approximate surface area is 120 Å². The average Bonchev–Trinajstić information content (AvgIpc) is 2.23. The summed E-state index contributed by atoms with van der Waals surface area (Å²) in [5.41, 5.74) is -1.28. The van der Waals surface area contributed by atoms with Crippen LogP contribution in [0.1, 0.15) is 5.69 Å². The van der Waals surface area contributed by atoms with Crippen molar-refractivity contribution in [2.24, 2.45) is 0 Å². The molecule has 1 N–H and O–H groups in total. The Hall–Kier alpha value is -0.920. The van der Waals surface area contributed by atoms with Crippen LogP contribution >= 0.6 is 34.8 Å². The molecule has 0 fully saturated rings. The zero-order valence-corrected chi connectivity index (χ0v) is 11.2. The van der Waals surface area contributed by atoms with E-state index in [4.69, 9.17) is 39.9 Å². The van der Waals surface area contributed by atoms with Gasteiger partial charge in [0.05, 0.1) is 18.4 Å². The lowest BCUT2D eigenvalue weighted by Gasteiger charge is -2.23. The molecule has 0 spiro atoms. The van der Waals surface area contributed by atoms with E-state index in [9.17, 15) is 18.0 Å². The van der Waals surface area contributed by atoms with Crippen LogP contribution in [-0.4, -0.2) is 26.5 Å². The van der Waals surface area contributed by atoms with Gasteiger partial charge in [0, 0.05) is 0 Å². The highest BCUT2D eigenvalue weighted by molar-refractivity contribution is 6.68. The number of hydrogen-bond donors (Lipinski definition) is 1. The van der Waals surface area contributed by atoms with Gasteiger partial charge in [0.2, 0.25) is 3.79 Å². The lowest BCUT2D eigenvalue weighted by molar-refractivity contribution is -0.141. The molecule has 0 bridgehead atoms. The highest BCUT2D eigenvalue weighted by atomic mass is 35.6. The van der Waals surface area contributed by atoms with E-state index in [2.05, 4.69) is 4.98 Å². The van der Waals surface area contributed by atoms with E-state index in [1.165, 1.54) is 0 Å². The minimum absolute atomic E-state index is 0.133. The van der Waals surface area contributed by atoms with E-state index in [0.717, 1.165) is 12.3 Å². The fourth-order valence-corrected chi connectivity index (χ4v) is 1.52. The summed E-state index contributed by atoms with van der Waals surface area (Å²) in [5, 5.41) is 8.92. The maximum atomic E-state index is 12.3. The SMILES string of the molecule is O=C(O)N(CC(Cl)(Cl)Cl)c1ccc(C(F)(F)F)nc1. The van der Waals surface area contributed by atoms with Crippen LogP contribution in [0, 0.1) is 0 Å². The molecule has 1 aromatic rings. The second-order valence-electron chi connectivity index (χ2n) is 3.38. The average molecular weight is 338 g/mol. The Morgan fingerprint density at radius 3 is 2.21 bits per heavy atom. The molecule has 106 valence electrons. The summed E-state index contributed by atoms with van der Waals surface area (Å²) in [6, 6.07) is 1.57. The molecule has 1 amide bonds. The van der Waals surface area contributed by atoms with Gasteiger partial charge in [-0.1, -0.05) is 34.8 Å². The number of halogens is 6. The molecule has 0 saturated heterocycles. The molecule has 0 aromatic carbocycles. The monoisotopic (exact) mass is 336 g/mol. The molecule has 0 aliphatic rings. The Bertz CT molecular complexity index is 459. The molecule has 0 aliphatic carbocycles. The van der Waals surface area contributed by atoms with Crippen LogP contribution in [0.2, 0.25) is 0 Å². The molecule has 4 nitrogen and oxygen atoms in total. The van der Waals surface area contributed by atoms with E-state index in [1.807, 2.05) is 0 Å². The minimum Gasteiger partial charge on any atom is -0.465 e. The third kappa shape index (κ3) is 4.93. The number of anilines is 1. The molecule has 0 aliphatic heterocycles. The first-order valence-corrected chi connectivity index (χ1v) is 5.74. The van der Waals surface area contributed by atoms with Crippen molar-refractivity contribution in [2.75, 3.05) is 11.4 Å². The lowest BCUT2D eigenvalue weighted by Crippen LogP contribution is -2.36. The van der Waals surface area contributed by atoms with Crippen molar-refractivity contribution in [1.29, 1.82) is 0 Å². The van der Waals surface area contributed by atoms with Crippen LogP contribution in [-0.2, 0) is 6.18 Å². The molecule has 0 saturated carbocycles. The summed E-state index contributed by atoms with van der Waals surface area (Å²) in [7, 11) is 0. The Morgan fingerprint density at radius 1 is 1.32 bits per heavy atom. The molecule has 0 atom stereocenters. The van der Waals surface area contributed by atoms with Crippen LogP contribution in [0.25, 0.3) is 0 Å². The first-order valence-electron chi connectivity index (χ1n) is 4.61. The number of nitrogens with zero attached hydrogens (tertiary/aromatic N) is 2. The van der Waals surface area contributed by atoms with E-state index in [-0.39, 0.29) is 5.69 Å². The number of alkyl halides is 6. The van der Waals surface area contributed by atoms with E-state index in [0.29, 0.717) is 11.0 Å². The molecule has 0 unspecified atom stereocenters. The maximum Gasteiger partial charge on any atom is 0.433 e. The lowest BCUT2D eigenvalue weighted by atomic mass is 10.3. The molecule has 1 rings (SSSR count). The highest BCUT2D eigenvalue weighted by Crippen LogP contribution is 2.31. The predicted molar refractivity (Wildman–Crippen MR) is 64.9 cm³/mol. The van der Waals surface area contributed by atoms with Crippen molar-refractivity contribution in [1.82, 2.24) is 4.98 Å². The van der Waals surface area contributed by atoms with Gasteiger partial charge in [0.25, 0.3) is 0 Å². The van der Waals surface area contributed by atoms with Crippen LogP contribution in [0.3, 0.4) is 0 Å². The van der Waals surface area contributed by atoms with Gasteiger partial charge in [0.1, 0.15) is 5.69 Å².